The minimum absolute atomic E-state index is 0.00688. The average molecular weight is 409 g/mol. The molecule has 2 aromatic carbocycles. The van der Waals surface area contributed by atoms with Gasteiger partial charge in [0.2, 0.25) is 5.91 Å². The quantitative estimate of drug-likeness (QED) is 0.659. The zero-order valence-electron chi connectivity index (χ0n) is 16.4. The Balaban J connectivity index is 1.57. The van der Waals surface area contributed by atoms with Crippen LogP contribution in [0.25, 0.3) is 11.1 Å². The summed E-state index contributed by atoms with van der Waals surface area (Å²) in [6.45, 7) is 5.89. The van der Waals surface area contributed by atoms with E-state index in [1.807, 2.05) is 51.1 Å². The van der Waals surface area contributed by atoms with E-state index in [1.165, 1.54) is 0 Å². The molecule has 6 nitrogen and oxygen atoms in total. The van der Waals surface area contributed by atoms with Crippen molar-refractivity contribution < 1.29 is 9.59 Å². The Labute approximate surface area is 173 Å². The van der Waals surface area contributed by atoms with E-state index in [-0.39, 0.29) is 18.2 Å². The van der Waals surface area contributed by atoms with Gasteiger partial charge in [-0.3, -0.25) is 9.59 Å². The number of aromatic nitrogens is 2. The zero-order valence-corrected chi connectivity index (χ0v) is 17.2. The number of nitrogens with zero attached hydrogens (tertiary/aromatic N) is 2. The fourth-order valence-electron chi connectivity index (χ4n) is 3.55. The molecule has 29 heavy (non-hydrogen) atoms. The molecule has 0 aliphatic carbocycles. The smallest absolute Gasteiger partial charge is 0.251 e. The van der Waals surface area contributed by atoms with Crippen molar-refractivity contribution in [2.24, 2.45) is 0 Å². The molecule has 2 heterocycles. The lowest BCUT2D eigenvalue weighted by atomic mass is 10.1. The minimum atomic E-state index is -0.684. The molecule has 2 N–H and O–H groups in total. The molecule has 7 heteroatoms. The van der Waals surface area contributed by atoms with Gasteiger partial charge in [0.15, 0.2) is 0 Å². The van der Waals surface area contributed by atoms with E-state index in [2.05, 4.69) is 15.7 Å². The predicted octanol–water partition coefficient (Wildman–Crippen LogP) is 4.65. The van der Waals surface area contributed by atoms with E-state index in [4.69, 9.17) is 11.6 Å². The van der Waals surface area contributed by atoms with Crippen LogP contribution in [0.15, 0.2) is 42.5 Å². The monoisotopic (exact) mass is 408 g/mol. The summed E-state index contributed by atoms with van der Waals surface area (Å²) in [4.78, 5) is 25.1. The first-order chi connectivity index (χ1) is 13.8. The summed E-state index contributed by atoms with van der Waals surface area (Å²) >= 11 is 5.98. The number of carbonyl (C=O) groups excluding carboxylic acids is 2. The van der Waals surface area contributed by atoms with Crippen LogP contribution in [0, 0.1) is 20.8 Å². The second-order valence-corrected chi connectivity index (χ2v) is 7.75. The number of hydrogen-bond donors (Lipinski definition) is 2. The highest BCUT2D eigenvalue weighted by Gasteiger charge is 2.36. The van der Waals surface area contributed by atoms with Crippen molar-refractivity contribution in [3.63, 3.8) is 0 Å². The average Bonchev–Trinajstić information content (AvgIpc) is 3.13. The van der Waals surface area contributed by atoms with Gasteiger partial charge in [-0.2, -0.15) is 5.10 Å². The number of halogens is 1. The standard InChI is InChI=1S/C22H21ClN4O2/c1-12-4-9-17(10-13(12)2)24-19(28)11-18-22(29)25-21-20(14(3)26-27(18)21)15-5-7-16(23)8-6-15/h4-10,18H,11H2,1-3H3,(H,24,28)(H,25,29). The molecule has 1 aromatic heterocycles. The Morgan fingerprint density at radius 2 is 1.86 bits per heavy atom. The number of hydrogen-bond acceptors (Lipinski definition) is 3. The fraction of sp³-hybridized carbons (Fsp3) is 0.227. The summed E-state index contributed by atoms with van der Waals surface area (Å²) in [5, 5.41) is 10.9. The highest BCUT2D eigenvalue weighted by Crippen LogP contribution is 2.38. The third kappa shape index (κ3) is 3.63. The van der Waals surface area contributed by atoms with Gasteiger partial charge in [0, 0.05) is 16.3 Å². The van der Waals surface area contributed by atoms with Gasteiger partial charge in [-0.25, -0.2) is 4.68 Å². The van der Waals surface area contributed by atoms with Gasteiger partial charge in [-0.1, -0.05) is 29.8 Å². The van der Waals surface area contributed by atoms with Crippen LogP contribution in [-0.4, -0.2) is 21.6 Å². The Morgan fingerprint density at radius 1 is 1.14 bits per heavy atom. The molecule has 2 amide bonds. The molecule has 0 saturated carbocycles. The first kappa shape index (κ1) is 19.2. The van der Waals surface area contributed by atoms with E-state index < -0.39 is 6.04 Å². The highest BCUT2D eigenvalue weighted by molar-refractivity contribution is 6.30. The van der Waals surface area contributed by atoms with Crippen molar-refractivity contribution in [2.75, 3.05) is 10.6 Å². The SMILES string of the molecule is Cc1ccc(NC(=O)CC2C(=O)Nc3c(-c4ccc(Cl)cc4)c(C)nn32)cc1C. The summed E-state index contributed by atoms with van der Waals surface area (Å²) < 4.78 is 1.61. The van der Waals surface area contributed by atoms with Crippen molar-refractivity contribution in [1.29, 1.82) is 0 Å². The highest BCUT2D eigenvalue weighted by atomic mass is 35.5. The molecule has 1 aliphatic rings. The molecule has 1 aliphatic heterocycles. The van der Waals surface area contributed by atoms with Gasteiger partial charge < -0.3 is 10.6 Å². The molecular weight excluding hydrogens is 388 g/mol. The van der Waals surface area contributed by atoms with Crippen LogP contribution in [0.2, 0.25) is 5.02 Å². The number of carbonyl (C=O) groups is 2. The molecular formula is C22H21ClN4O2. The van der Waals surface area contributed by atoms with E-state index in [0.717, 1.165) is 33.6 Å². The van der Waals surface area contributed by atoms with E-state index >= 15 is 0 Å². The normalized spacial score (nSPS) is 15.2. The lowest BCUT2D eigenvalue weighted by molar-refractivity contribution is -0.123. The summed E-state index contributed by atoms with van der Waals surface area (Å²) in [5.74, 6) is 0.138. The van der Waals surface area contributed by atoms with Gasteiger partial charge in [0.05, 0.1) is 12.1 Å². The van der Waals surface area contributed by atoms with Gasteiger partial charge in [-0.05, 0) is 61.7 Å². The van der Waals surface area contributed by atoms with Crippen molar-refractivity contribution >= 4 is 34.9 Å². The Bertz CT molecular complexity index is 1120. The van der Waals surface area contributed by atoms with Crippen molar-refractivity contribution in [3.05, 3.63) is 64.3 Å². The number of benzene rings is 2. The molecule has 3 aromatic rings. The Kier molecular flexibility index (Phi) is 4.88. The number of rotatable bonds is 4. The summed E-state index contributed by atoms with van der Waals surface area (Å²) in [5.41, 5.74) is 5.50. The number of fused-ring (bicyclic) bond motifs is 1. The molecule has 0 saturated heterocycles. The van der Waals surface area contributed by atoms with E-state index in [0.29, 0.717) is 10.8 Å². The van der Waals surface area contributed by atoms with Crippen LogP contribution in [-0.2, 0) is 9.59 Å². The molecule has 0 spiro atoms. The van der Waals surface area contributed by atoms with Gasteiger partial charge >= 0.3 is 0 Å². The van der Waals surface area contributed by atoms with Crippen molar-refractivity contribution in [1.82, 2.24) is 9.78 Å². The molecule has 1 atom stereocenters. The second-order valence-electron chi connectivity index (χ2n) is 7.32. The third-order valence-corrected chi connectivity index (χ3v) is 5.48. The van der Waals surface area contributed by atoms with Gasteiger partial charge in [0.1, 0.15) is 11.9 Å². The van der Waals surface area contributed by atoms with Crippen LogP contribution in [0.3, 0.4) is 0 Å². The van der Waals surface area contributed by atoms with Crippen LogP contribution in [0.1, 0.15) is 29.3 Å². The second kappa shape index (κ2) is 7.37. The van der Waals surface area contributed by atoms with Crippen LogP contribution in [0.4, 0.5) is 11.5 Å². The number of aryl methyl sites for hydroxylation is 3. The third-order valence-electron chi connectivity index (χ3n) is 5.23. The fourth-order valence-corrected chi connectivity index (χ4v) is 3.68. The Hall–Kier alpha value is -3.12. The number of anilines is 2. The van der Waals surface area contributed by atoms with Crippen LogP contribution < -0.4 is 10.6 Å². The van der Waals surface area contributed by atoms with E-state index in [9.17, 15) is 9.59 Å². The maximum atomic E-state index is 12.6. The minimum Gasteiger partial charge on any atom is -0.326 e. The lowest BCUT2D eigenvalue weighted by Gasteiger charge is -2.11. The number of nitrogens with one attached hydrogen (secondary N) is 2. The first-order valence-corrected chi connectivity index (χ1v) is 9.74. The van der Waals surface area contributed by atoms with E-state index in [1.54, 1.807) is 16.8 Å². The van der Waals surface area contributed by atoms with Crippen LogP contribution >= 0.6 is 11.6 Å². The van der Waals surface area contributed by atoms with Gasteiger partial charge in [0.25, 0.3) is 5.91 Å². The molecule has 1 unspecified atom stereocenters. The lowest BCUT2D eigenvalue weighted by Crippen LogP contribution is -2.23. The topological polar surface area (TPSA) is 76.0 Å². The molecule has 0 fully saturated rings. The molecule has 4 rings (SSSR count). The van der Waals surface area contributed by atoms with Crippen molar-refractivity contribution in [2.45, 2.75) is 33.2 Å². The summed E-state index contributed by atoms with van der Waals surface area (Å²) in [6.07, 6.45) is 0.00688. The summed E-state index contributed by atoms with van der Waals surface area (Å²) in [6, 6.07) is 12.4. The molecule has 148 valence electrons. The maximum Gasteiger partial charge on any atom is 0.251 e. The van der Waals surface area contributed by atoms with Gasteiger partial charge in [-0.15, -0.1) is 0 Å². The van der Waals surface area contributed by atoms with Crippen LogP contribution in [0.5, 0.6) is 0 Å². The van der Waals surface area contributed by atoms with Crippen molar-refractivity contribution in [3.8, 4) is 11.1 Å². The predicted molar refractivity (Wildman–Crippen MR) is 114 cm³/mol. The molecule has 0 bridgehead atoms. The largest absolute Gasteiger partial charge is 0.326 e. The Morgan fingerprint density at radius 3 is 2.55 bits per heavy atom. The maximum absolute atomic E-state index is 12.6. The zero-order chi connectivity index (χ0) is 20.7. The number of amides is 2. The first-order valence-electron chi connectivity index (χ1n) is 9.36. The molecule has 0 radical (unpaired) electrons. The summed E-state index contributed by atoms with van der Waals surface area (Å²) in [7, 11) is 0.